The highest BCUT2D eigenvalue weighted by molar-refractivity contribution is 5.94. The van der Waals surface area contributed by atoms with Crippen LogP contribution in [0, 0.1) is 5.92 Å². The molecule has 0 aliphatic rings. The summed E-state index contributed by atoms with van der Waals surface area (Å²) in [6, 6.07) is 4.71. The van der Waals surface area contributed by atoms with Gasteiger partial charge in [0.15, 0.2) is 11.5 Å². The molecule has 0 heterocycles. The molecule has 1 aromatic rings. The van der Waals surface area contributed by atoms with Gasteiger partial charge in [-0.3, -0.25) is 4.79 Å². The van der Waals surface area contributed by atoms with E-state index >= 15 is 0 Å². The van der Waals surface area contributed by atoms with Crippen molar-refractivity contribution < 1.29 is 14.6 Å². The summed E-state index contributed by atoms with van der Waals surface area (Å²) in [5.74, 6) is 0.569. The Labute approximate surface area is 120 Å². The first-order valence-corrected chi connectivity index (χ1v) is 6.74. The molecule has 3 N–H and O–H groups in total. The molecule has 0 bridgehead atoms. The number of ether oxygens (including phenoxy) is 1. The van der Waals surface area contributed by atoms with Gasteiger partial charge in [-0.2, -0.15) is 0 Å². The zero-order chi connectivity index (χ0) is 15.3. The van der Waals surface area contributed by atoms with Crippen molar-refractivity contribution in [2.75, 3.05) is 20.7 Å². The predicted molar refractivity (Wildman–Crippen MR) is 79.0 cm³/mol. The van der Waals surface area contributed by atoms with Gasteiger partial charge in [0.1, 0.15) is 0 Å². The van der Waals surface area contributed by atoms with Gasteiger partial charge in [0.25, 0.3) is 5.91 Å². The topological polar surface area (TPSA) is 75.8 Å². The Morgan fingerprint density at radius 1 is 1.45 bits per heavy atom. The van der Waals surface area contributed by atoms with Crippen LogP contribution in [0.2, 0.25) is 0 Å². The minimum absolute atomic E-state index is 0.0365. The molecule has 1 rings (SSSR count). The molecule has 1 atom stereocenters. The van der Waals surface area contributed by atoms with E-state index in [2.05, 4.69) is 13.8 Å². The molecule has 20 heavy (non-hydrogen) atoms. The lowest BCUT2D eigenvalue weighted by atomic mass is 10.0. The van der Waals surface area contributed by atoms with E-state index < -0.39 is 0 Å². The minimum Gasteiger partial charge on any atom is -0.504 e. The third-order valence-corrected chi connectivity index (χ3v) is 3.43. The number of methoxy groups -OCH3 is 1. The predicted octanol–water partition coefficient (Wildman–Crippen LogP) is 1.85. The maximum absolute atomic E-state index is 12.2. The number of nitrogens with zero attached hydrogens (tertiary/aromatic N) is 1. The number of aromatic hydroxyl groups is 1. The molecule has 5 nitrogen and oxygen atoms in total. The van der Waals surface area contributed by atoms with Crippen molar-refractivity contribution in [2.45, 2.75) is 26.3 Å². The molecule has 1 unspecified atom stereocenters. The highest BCUT2D eigenvalue weighted by Gasteiger charge is 2.15. The first-order valence-electron chi connectivity index (χ1n) is 6.74. The Kier molecular flexibility index (Phi) is 5.82. The van der Waals surface area contributed by atoms with Crippen molar-refractivity contribution in [3.8, 4) is 11.5 Å². The van der Waals surface area contributed by atoms with E-state index in [0.29, 0.717) is 23.8 Å². The van der Waals surface area contributed by atoms with Crippen molar-refractivity contribution in [3.05, 3.63) is 23.8 Å². The van der Waals surface area contributed by atoms with Gasteiger partial charge in [0, 0.05) is 25.2 Å². The van der Waals surface area contributed by atoms with Gasteiger partial charge in [-0.25, -0.2) is 0 Å². The second-order valence-electron chi connectivity index (χ2n) is 5.31. The standard InChI is InChI=1S/C15H24N2O3/c1-10(2)12(16)7-8-17(3)15(19)11-5-6-14(20-4)13(18)9-11/h5-6,9-10,12,18H,7-8,16H2,1-4H3. The van der Waals surface area contributed by atoms with Crippen LogP contribution in [-0.4, -0.2) is 42.7 Å². The number of benzene rings is 1. The van der Waals surface area contributed by atoms with Crippen molar-refractivity contribution in [2.24, 2.45) is 11.7 Å². The van der Waals surface area contributed by atoms with E-state index in [4.69, 9.17) is 10.5 Å². The van der Waals surface area contributed by atoms with Gasteiger partial charge in [0.05, 0.1) is 7.11 Å². The number of phenols is 1. The highest BCUT2D eigenvalue weighted by atomic mass is 16.5. The van der Waals surface area contributed by atoms with E-state index in [1.165, 1.54) is 13.2 Å². The lowest BCUT2D eigenvalue weighted by Crippen LogP contribution is -2.34. The molecule has 0 aliphatic carbocycles. The van der Waals surface area contributed by atoms with Crippen LogP contribution < -0.4 is 10.5 Å². The SMILES string of the molecule is COc1ccc(C(=O)N(C)CCC(N)C(C)C)cc1O. The Morgan fingerprint density at radius 3 is 2.60 bits per heavy atom. The van der Waals surface area contributed by atoms with Crippen LogP contribution in [0.4, 0.5) is 0 Å². The van der Waals surface area contributed by atoms with Gasteiger partial charge >= 0.3 is 0 Å². The summed E-state index contributed by atoms with van der Waals surface area (Å²) in [6.07, 6.45) is 0.752. The lowest BCUT2D eigenvalue weighted by Gasteiger charge is -2.21. The monoisotopic (exact) mass is 280 g/mol. The Bertz CT molecular complexity index is 460. The van der Waals surface area contributed by atoms with Crippen molar-refractivity contribution in [3.63, 3.8) is 0 Å². The van der Waals surface area contributed by atoms with Gasteiger partial charge in [-0.1, -0.05) is 13.8 Å². The average molecular weight is 280 g/mol. The number of carbonyl (C=O) groups is 1. The number of phenolic OH excluding ortho intramolecular Hbond substituents is 1. The molecule has 0 aliphatic heterocycles. The van der Waals surface area contributed by atoms with Crippen LogP contribution in [0.1, 0.15) is 30.6 Å². The molecule has 0 fully saturated rings. The molecule has 5 heteroatoms. The van der Waals surface area contributed by atoms with Crippen molar-refractivity contribution in [1.29, 1.82) is 0 Å². The summed E-state index contributed by atoms with van der Waals surface area (Å²) in [5, 5.41) is 9.70. The zero-order valence-corrected chi connectivity index (χ0v) is 12.6. The van der Waals surface area contributed by atoms with E-state index in [-0.39, 0.29) is 17.7 Å². The van der Waals surface area contributed by atoms with Crippen LogP contribution in [0.15, 0.2) is 18.2 Å². The Morgan fingerprint density at radius 2 is 2.10 bits per heavy atom. The van der Waals surface area contributed by atoms with Crippen LogP contribution in [0.5, 0.6) is 11.5 Å². The smallest absolute Gasteiger partial charge is 0.253 e. The maximum atomic E-state index is 12.2. The first-order chi connectivity index (χ1) is 9.36. The number of hydrogen-bond acceptors (Lipinski definition) is 4. The number of hydrogen-bond donors (Lipinski definition) is 2. The third kappa shape index (κ3) is 4.13. The summed E-state index contributed by atoms with van der Waals surface area (Å²) in [7, 11) is 3.20. The summed E-state index contributed by atoms with van der Waals surface area (Å²) in [4.78, 5) is 13.8. The number of nitrogens with two attached hydrogens (primary N) is 1. The second kappa shape index (κ2) is 7.14. The molecule has 0 radical (unpaired) electrons. The Hall–Kier alpha value is -1.75. The molecule has 0 aromatic heterocycles. The summed E-state index contributed by atoms with van der Waals surface area (Å²) in [5.41, 5.74) is 6.41. The maximum Gasteiger partial charge on any atom is 0.253 e. The normalized spacial score (nSPS) is 12.3. The highest BCUT2D eigenvalue weighted by Crippen LogP contribution is 2.26. The van der Waals surface area contributed by atoms with E-state index in [1.807, 2.05) is 0 Å². The summed E-state index contributed by atoms with van der Waals surface area (Å²) >= 11 is 0. The number of rotatable bonds is 6. The van der Waals surface area contributed by atoms with E-state index in [9.17, 15) is 9.90 Å². The second-order valence-corrected chi connectivity index (χ2v) is 5.31. The average Bonchev–Trinajstić information content (AvgIpc) is 2.43. The molecule has 112 valence electrons. The molecular weight excluding hydrogens is 256 g/mol. The molecule has 1 aromatic carbocycles. The third-order valence-electron chi connectivity index (χ3n) is 3.43. The fraction of sp³-hybridized carbons (Fsp3) is 0.533. The number of amides is 1. The minimum atomic E-state index is -0.140. The van der Waals surface area contributed by atoms with Gasteiger partial charge in [0.2, 0.25) is 0 Å². The molecule has 0 spiro atoms. The van der Waals surface area contributed by atoms with Gasteiger partial charge in [-0.05, 0) is 30.5 Å². The first kappa shape index (κ1) is 16.3. The molecule has 1 amide bonds. The summed E-state index contributed by atoms with van der Waals surface area (Å²) in [6.45, 7) is 4.72. The van der Waals surface area contributed by atoms with Crippen LogP contribution in [0.3, 0.4) is 0 Å². The van der Waals surface area contributed by atoms with E-state index in [1.54, 1.807) is 24.1 Å². The number of carbonyl (C=O) groups excluding carboxylic acids is 1. The van der Waals surface area contributed by atoms with Crippen LogP contribution >= 0.6 is 0 Å². The van der Waals surface area contributed by atoms with Gasteiger partial charge < -0.3 is 20.5 Å². The lowest BCUT2D eigenvalue weighted by molar-refractivity contribution is 0.0788. The largest absolute Gasteiger partial charge is 0.504 e. The molecule has 0 saturated carbocycles. The Balaban J connectivity index is 2.67. The fourth-order valence-electron chi connectivity index (χ4n) is 1.82. The zero-order valence-electron chi connectivity index (χ0n) is 12.6. The van der Waals surface area contributed by atoms with Crippen molar-refractivity contribution >= 4 is 5.91 Å². The van der Waals surface area contributed by atoms with Crippen LogP contribution in [-0.2, 0) is 0 Å². The fourth-order valence-corrected chi connectivity index (χ4v) is 1.82. The molecule has 0 saturated heterocycles. The van der Waals surface area contributed by atoms with Crippen LogP contribution in [0.25, 0.3) is 0 Å². The van der Waals surface area contributed by atoms with Gasteiger partial charge in [-0.15, -0.1) is 0 Å². The van der Waals surface area contributed by atoms with Crippen molar-refractivity contribution in [1.82, 2.24) is 4.90 Å². The summed E-state index contributed by atoms with van der Waals surface area (Å²) < 4.78 is 4.95. The quantitative estimate of drug-likeness (QED) is 0.833. The van der Waals surface area contributed by atoms with E-state index in [0.717, 1.165) is 6.42 Å². The molecular formula is C15H24N2O3.